The minimum absolute atomic E-state index is 0.292. The molecule has 0 spiro atoms. The van der Waals surface area contributed by atoms with E-state index in [-0.39, 0.29) is 0 Å². The van der Waals surface area contributed by atoms with Crippen LogP contribution in [0, 0.1) is 17.8 Å². The van der Waals surface area contributed by atoms with Gasteiger partial charge in [0.1, 0.15) is 0 Å². The van der Waals surface area contributed by atoms with Gasteiger partial charge in [-0.05, 0) is 44.4 Å². The van der Waals surface area contributed by atoms with Crippen molar-refractivity contribution in [2.75, 3.05) is 7.11 Å². The van der Waals surface area contributed by atoms with Gasteiger partial charge >= 0.3 is 0 Å². The summed E-state index contributed by atoms with van der Waals surface area (Å²) in [6.45, 7) is 11.5. The molecule has 2 heteroatoms. The molecule has 0 bridgehead atoms. The van der Waals surface area contributed by atoms with E-state index in [1.165, 1.54) is 19.3 Å². The largest absolute Gasteiger partial charge is 0.380 e. The number of ether oxygens (including phenoxy) is 1. The maximum absolute atomic E-state index is 5.41. The van der Waals surface area contributed by atoms with Gasteiger partial charge < -0.3 is 10.1 Å². The fourth-order valence-corrected chi connectivity index (χ4v) is 3.07. The zero-order valence-electron chi connectivity index (χ0n) is 12.5. The SMILES string of the molecule is COC(C)C(C)NC1CC(C)CCC1C(C)C. The summed E-state index contributed by atoms with van der Waals surface area (Å²) in [5.74, 6) is 2.48. The molecule has 17 heavy (non-hydrogen) atoms. The van der Waals surface area contributed by atoms with Gasteiger partial charge in [0.15, 0.2) is 0 Å². The summed E-state index contributed by atoms with van der Waals surface area (Å²) in [4.78, 5) is 0. The van der Waals surface area contributed by atoms with Crippen LogP contribution in [-0.2, 0) is 4.74 Å². The summed E-state index contributed by atoms with van der Waals surface area (Å²) in [7, 11) is 1.80. The molecular weight excluding hydrogens is 210 g/mol. The van der Waals surface area contributed by atoms with Crippen LogP contribution in [0.3, 0.4) is 0 Å². The van der Waals surface area contributed by atoms with Crippen molar-refractivity contribution in [2.24, 2.45) is 17.8 Å². The molecule has 0 aromatic rings. The monoisotopic (exact) mass is 241 g/mol. The molecule has 1 N–H and O–H groups in total. The van der Waals surface area contributed by atoms with E-state index >= 15 is 0 Å². The smallest absolute Gasteiger partial charge is 0.0693 e. The summed E-state index contributed by atoms with van der Waals surface area (Å²) in [6, 6.07) is 1.11. The molecule has 0 aromatic heterocycles. The quantitative estimate of drug-likeness (QED) is 0.796. The third kappa shape index (κ3) is 4.26. The minimum atomic E-state index is 0.292. The molecule has 1 aliphatic rings. The standard InChI is InChI=1S/C15H31NO/c1-10(2)14-8-7-11(3)9-15(14)16-12(4)13(5)17-6/h10-16H,7-9H2,1-6H3. The fraction of sp³-hybridized carbons (Fsp3) is 1.00. The molecule has 1 rings (SSSR count). The van der Waals surface area contributed by atoms with Crippen LogP contribution in [0.25, 0.3) is 0 Å². The molecule has 0 aliphatic heterocycles. The molecule has 1 aliphatic carbocycles. The van der Waals surface area contributed by atoms with E-state index < -0.39 is 0 Å². The maximum atomic E-state index is 5.41. The highest BCUT2D eigenvalue weighted by atomic mass is 16.5. The van der Waals surface area contributed by atoms with Crippen molar-refractivity contribution in [3.8, 4) is 0 Å². The summed E-state index contributed by atoms with van der Waals surface area (Å²) >= 11 is 0. The van der Waals surface area contributed by atoms with Crippen molar-refractivity contribution in [2.45, 2.75) is 72.1 Å². The molecule has 1 saturated carbocycles. The third-order valence-corrected chi connectivity index (χ3v) is 4.58. The second-order valence-electron chi connectivity index (χ2n) is 6.33. The average Bonchev–Trinajstić information content (AvgIpc) is 2.27. The first-order valence-electron chi connectivity index (χ1n) is 7.24. The molecule has 0 heterocycles. The topological polar surface area (TPSA) is 21.3 Å². The Balaban J connectivity index is 2.57. The Hall–Kier alpha value is -0.0800. The van der Waals surface area contributed by atoms with Crippen molar-refractivity contribution in [3.05, 3.63) is 0 Å². The Kier molecular flexibility index (Phi) is 5.94. The predicted molar refractivity (Wildman–Crippen MR) is 74.2 cm³/mol. The number of rotatable bonds is 5. The Morgan fingerprint density at radius 3 is 2.29 bits per heavy atom. The summed E-state index contributed by atoms with van der Waals surface area (Å²) in [6.07, 6.45) is 4.39. The highest BCUT2D eigenvalue weighted by Gasteiger charge is 2.31. The molecule has 5 atom stereocenters. The van der Waals surface area contributed by atoms with Crippen LogP contribution in [0.2, 0.25) is 0 Å². The molecule has 102 valence electrons. The van der Waals surface area contributed by atoms with Gasteiger partial charge in [-0.2, -0.15) is 0 Å². The first-order valence-corrected chi connectivity index (χ1v) is 7.24. The van der Waals surface area contributed by atoms with Gasteiger partial charge in [0, 0.05) is 19.2 Å². The van der Waals surface area contributed by atoms with Crippen molar-refractivity contribution in [1.29, 1.82) is 0 Å². The number of methoxy groups -OCH3 is 1. The Labute approximate surface area is 108 Å². The molecule has 2 nitrogen and oxygen atoms in total. The van der Waals surface area contributed by atoms with Gasteiger partial charge in [-0.3, -0.25) is 0 Å². The van der Waals surface area contributed by atoms with Gasteiger partial charge in [0.2, 0.25) is 0 Å². The maximum Gasteiger partial charge on any atom is 0.0693 e. The predicted octanol–water partition coefficient (Wildman–Crippen LogP) is 3.46. The second kappa shape index (κ2) is 6.75. The van der Waals surface area contributed by atoms with E-state index in [1.54, 1.807) is 7.11 Å². The van der Waals surface area contributed by atoms with E-state index in [0.717, 1.165) is 17.8 Å². The van der Waals surface area contributed by atoms with Crippen molar-refractivity contribution in [1.82, 2.24) is 5.32 Å². The van der Waals surface area contributed by atoms with E-state index in [4.69, 9.17) is 4.74 Å². The van der Waals surface area contributed by atoms with Gasteiger partial charge in [-0.15, -0.1) is 0 Å². The van der Waals surface area contributed by atoms with Gasteiger partial charge in [-0.25, -0.2) is 0 Å². The summed E-state index contributed by atoms with van der Waals surface area (Å²) in [5, 5.41) is 3.81. The molecule has 0 aromatic carbocycles. The van der Waals surface area contributed by atoms with Crippen LogP contribution in [0.5, 0.6) is 0 Å². The number of hydrogen-bond donors (Lipinski definition) is 1. The zero-order chi connectivity index (χ0) is 13.0. The van der Waals surface area contributed by atoms with E-state index in [2.05, 4.69) is 39.9 Å². The first kappa shape index (κ1) is 15.0. The van der Waals surface area contributed by atoms with E-state index in [0.29, 0.717) is 18.2 Å². The number of nitrogens with one attached hydrogen (secondary N) is 1. The molecule has 0 amide bonds. The highest BCUT2D eigenvalue weighted by molar-refractivity contribution is 4.87. The van der Waals surface area contributed by atoms with Crippen LogP contribution in [0.15, 0.2) is 0 Å². The lowest BCUT2D eigenvalue weighted by atomic mass is 9.74. The third-order valence-electron chi connectivity index (χ3n) is 4.58. The lowest BCUT2D eigenvalue weighted by molar-refractivity contribution is 0.0684. The Bertz CT molecular complexity index is 217. The Morgan fingerprint density at radius 1 is 1.12 bits per heavy atom. The molecule has 5 unspecified atom stereocenters. The second-order valence-corrected chi connectivity index (χ2v) is 6.33. The average molecular weight is 241 g/mol. The minimum Gasteiger partial charge on any atom is -0.380 e. The van der Waals surface area contributed by atoms with Gasteiger partial charge in [0.25, 0.3) is 0 Å². The van der Waals surface area contributed by atoms with Crippen LogP contribution in [0.1, 0.15) is 53.9 Å². The van der Waals surface area contributed by atoms with Crippen molar-refractivity contribution < 1.29 is 4.74 Å². The Morgan fingerprint density at radius 2 is 1.76 bits per heavy atom. The summed E-state index contributed by atoms with van der Waals surface area (Å²) < 4.78 is 5.41. The zero-order valence-corrected chi connectivity index (χ0v) is 12.5. The van der Waals surface area contributed by atoms with Crippen LogP contribution >= 0.6 is 0 Å². The van der Waals surface area contributed by atoms with Crippen molar-refractivity contribution >= 4 is 0 Å². The van der Waals surface area contributed by atoms with E-state index in [1.807, 2.05) is 0 Å². The molecule has 1 fully saturated rings. The molecular formula is C15H31NO. The van der Waals surface area contributed by atoms with Crippen LogP contribution in [0.4, 0.5) is 0 Å². The fourth-order valence-electron chi connectivity index (χ4n) is 3.07. The normalized spacial score (nSPS) is 33.7. The number of hydrogen-bond acceptors (Lipinski definition) is 2. The van der Waals surface area contributed by atoms with E-state index in [9.17, 15) is 0 Å². The van der Waals surface area contributed by atoms with Gasteiger partial charge in [0.05, 0.1) is 6.10 Å². The van der Waals surface area contributed by atoms with Crippen molar-refractivity contribution in [3.63, 3.8) is 0 Å². The van der Waals surface area contributed by atoms with Gasteiger partial charge in [-0.1, -0.05) is 27.2 Å². The highest BCUT2D eigenvalue weighted by Crippen LogP contribution is 2.33. The lowest BCUT2D eigenvalue weighted by Gasteiger charge is -2.40. The molecule has 0 radical (unpaired) electrons. The first-order chi connectivity index (χ1) is 7.95. The van der Waals surface area contributed by atoms with Crippen LogP contribution in [-0.4, -0.2) is 25.3 Å². The van der Waals surface area contributed by atoms with Crippen LogP contribution < -0.4 is 5.32 Å². The molecule has 0 saturated heterocycles. The lowest BCUT2D eigenvalue weighted by Crippen LogP contribution is -2.49. The summed E-state index contributed by atoms with van der Waals surface area (Å²) in [5.41, 5.74) is 0.